The van der Waals surface area contributed by atoms with E-state index < -0.39 is 0 Å². The van der Waals surface area contributed by atoms with Crippen LogP contribution in [0.1, 0.15) is 31.1 Å². The number of ether oxygens (including phenoxy) is 1. The van der Waals surface area contributed by atoms with Gasteiger partial charge in [0.2, 0.25) is 5.91 Å². The highest BCUT2D eigenvalue weighted by Crippen LogP contribution is 2.26. The fraction of sp³-hybridized carbons (Fsp3) is 0.263. The van der Waals surface area contributed by atoms with Gasteiger partial charge in [-0.25, -0.2) is 0 Å². The summed E-state index contributed by atoms with van der Waals surface area (Å²) in [5.74, 6) is 0.125. The van der Waals surface area contributed by atoms with Gasteiger partial charge in [0.15, 0.2) is 0 Å². The molecular weight excluding hydrogens is 340 g/mol. The lowest BCUT2D eigenvalue weighted by Gasteiger charge is -2.10. The van der Waals surface area contributed by atoms with E-state index in [0.717, 1.165) is 0 Å². The summed E-state index contributed by atoms with van der Waals surface area (Å²) < 4.78 is 5.35. The van der Waals surface area contributed by atoms with Gasteiger partial charge in [0.25, 0.3) is 5.91 Å². The van der Waals surface area contributed by atoms with Gasteiger partial charge in [-0.3, -0.25) is 9.59 Å². The minimum atomic E-state index is -0.274. The zero-order valence-electron chi connectivity index (χ0n) is 14.4. The first-order valence-corrected chi connectivity index (χ1v) is 8.43. The van der Waals surface area contributed by atoms with Crippen molar-refractivity contribution in [2.24, 2.45) is 5.92 Å². The van der Waals surface area contributed by atoms with Gasteiger partial charge >= 0.3 is 0 Å². The van der Waals surface area contributed by atoms with Crippen molar-refractivity contribution in [2.45, 2.75) is 20.8 Å². The minimum absolute atomic E-state index is 0.0548. The molecule has 0 aliphatic heterocycles. The van der Waals surface area contributed by atoms with Gasteiger partial charge in [-0.15, -0.1) is 0 Å². The van der Waals surface area contributed by atoms with Crippen LogP contribution < -0.4 is 15.4 Å². The fourth-order valence-corrected chi connectivity index (χ4v) is 2.28. The molecule has 2 N–H and O–H groups in total. The third kappa shape index (κ3) is 5.22. The number of benzene rings is 2. The number of anilines is 2. The molecule has 2 amide bonds. The molecule has 0 fully saturated rings. The number of nitrogens with one attached hydrogen (secondary N) is 2. The zero-order valence-corrected chi connectivity index (χ0v) is 15.2. The first-order chi connectivity index (χ1) is 11.9. The fourth-order valence-electron chi connectivity index (χ4n) is 2.04. The molecule has 2 aromatic carbocycles. The monoisotopic (exact) mass is 360 g/mol. The number of hydrogen-bond donors (Lipinski definition) is 2. The number of hydrogen-bond acceptors (Lipinski definition) is 3. The molecule has 0 atom stereocenters. The first kappa shape index (κ1) is 18.8. The second-order valence-electron chi connectivity index (χ2n) is 5.75. The van der Waals surface area contributed by atoms with Gasteiger partial charge in [-0.2, -0.15) is 0 Å². The Morgan fingerprint density at radius 1 is 1.04 bits per heavy atom. The highest BCUT2D eigenvalue weighted by atomic mass is 35.5. The average Bonchev–Trinajstić information content (AvgIpc) is 2.58. The highest BCUT2D eigenvalue weighted by molar-refractivity contribution is 6.32. The second kappa shape index (κ2) is 8.53. The van der Waals surface area contributed by atoms with E-state index in [4.69, 9.17) is 16.3 Å². The summed E-state index contributed by atoms with van der Waals surface area (Å²) in [7, 11) is 0. The number of carbonyl (C=O) groups is 2. The van der Waals surface area contributed by atoms with Crippen molar-refractivity contribution < 1.29 is 14.3 Å². The Morgan fingerprint density at radius 3 is 2.16 bits per heavy atom. The summed E-state index contributed by atoms with van der Waals surface area (Å²) >= 11 is 6.10. The Kier molecular flexibility index (Phi) is 6.42. The van der Waals surface area contributed by atoms with E-state index in [9.17, 15) is 9.59 Å². The van der Waals surface area contributed by atoms with Gasteiger partial charge < -0.3 is 15.4 Å². The van der Waals surface area contributed by atoms with Crippen LogP contribution in [0.3, 0.4) is 0 Å². The van der Waals surface area contributed by atoms with Gasteiger partial charge in [-0.1, -0.05) is 25.4 Å². The predicted molar refractivity (Wildman–Crippen MR) is 100 cm³/mol. The van der Waals surface area contributed by atoms with E-state index in [1.807, 2.05) is 20.8 Å². The summed E-state index contributed by atoms with van der Waals surface area (Å²) in [4.78, 5) is 24.0. The van der Waals surface area contributed by atoms with Gasteiger partial charge in [0, 0.05) is 22.9 Å². The Hall–Kier alpha value is -2.53. The van der Waals surface area contributed by atoms with Crippen molar-refractivity contribution in [1.82, 2.24) is 0 Å². The Balaban J connectivity index is 2.03. The summed E-state index contributed by atoms with van der Waals surface area (Å²) in [6.07, 6.45) is 0. The third-order valence-corrected chi connectivity index (χ3v) is 3.72. The van der Waals surface area contributed by atoms with Crippen molar-refractivity contribution in [3.05, 3.63) is 53.1 Å². The number of carbonyl (C=O) groups excluding carboxylic acids is 2. The molecule has 0 aliphatic rings. The lowest BCUT2D eigenvalue weighted by Crippen LogP contribution is -2.17. The Bertz CT molecular complexity index is 758. The van der Waals surface area contributed by atoms with Crippen LogP contribution in [0.2, 0.25) is 5.02 Å². The molecule has 2 aromatic rings. The molecule has 0 unspecified atom stereocenters. The summed E-state index contributed by atoms with van der Waals surface area (Å²) in [5.41, 5.74) is 1.74. The van der Waals surface area contributed by atoms with E-state index in [-0.39, 0.29) is 17.7 Å². The molecule has 132 valence electrons. The van der Waals surface area contributed by atoms with E-state index in [2.05, 4.69) is 10.6 Å². The van der Waals surface area contributed by atoms with Gasteiger partial charge in [0.05, 0.1) is 11.6 Å². The smallest absolute Gasteiger partial charge is 0.255 e. The van der Waals surface area contributed by atoms with Crippen LogP contribution in [0.15, 0.2) is 42.5 Å². The maximum Gasteiger partial charge on any atom is 0.255 e. The van der Waals surface area contributed by atoms with Gasteiger partial charge in [0.1, 0.15) is 5.75 Å². The molecule has 0 bridgehead atoms. The van der Waals surface area contributed by atoms with Crippen LogP contribution in [0, 0.1) is 5.92 Å². The number of halogens is 1. The number of amides is 2. The average molecular weight is 361 g/mol. The maximum atomic E-state index is 12.3. The van der Waals surface area contributed by atoms with E-state index in [0.29, 0.717) is 34.3 Å². The van der Waals surface area contributed by atoms with E-state index >= 15 is 0 Å². The van der Waals surface area contributed by atoms with Crippen molar-refractivity contribution in [2.75, 3.05) is 17.2 Å². The van der Waals surface area contributed by atoms with Crippen LogP contribution in [-0.2, 0) is 4.79 Å². The maximum absolute atomic E-state index is 12.3. The van der Waals surface area contributed by atoms with Crippen LogP contribution >= 0.6 is 11.6 Å². The normalized spacial score (nSPS) is 10.4. The second-order valence-corrected chi connectivity index (χ2v) is 6.16. The molecule has 25 heavy (non-hydrogen) atoms. The number of rotatable bonds is 6. The van der Waals surface area contributed by atoms with E-state index in [1.165, 1.54) is 0 Å². The standard InChI is InChI=1S/C19H21ClN2O3/c1-4-25-17-10-5-13(11-16(17)20)19(24)22-15-8-6-14(7-9-15)21-18(23)12(2)3/h5-12H,4H2,1-3H3,(H,21,23)(H,22,24). The van der Waals surface area contributed by atoms with Crippen molar-refractivity contribution >= 4 is 34.8 Å². The molecule has 5 nitrogen and oxygen atoms in total. The Labute approximate surface area is 152 Å². The topological polar surface area (TPSA) is 67.4 Å². The molecule has 2 rings (SSSR count). The zero-order chi connectivity index (χ0) is 18.4. The molecule has 0 radical (unpaired) electrons. The lowest BCUT2D eigenvalue weighted by molar-refractivity contribution is -0.118. The molecular formula is C19H21ClN2O3. The molecule has 0 heterocycles. The molecule has 0 aromatic heterocycles. The summed E-state index contributed by atoms with van der Waals surface area (Å²) in [6, 6.07) is 11.8. The van der Waals surface area contributed by atoms with Crippen LogP contribution in [0.4, 0.5) is 11.4 Å². The Morgan fingerprint density at radius 2 is 1.64 bits per heavy atom. The third-order valence-electron chi connectivity index (χ3n) is 3.43. The van der Waals surface area contributed by atoms with Crippen LogP contribution in [0.5, 0.6) is 5.75 Å². The molecule has 0 aliphatic carbocycles. The van der Waals surface area contributed by atoms with Crippen molar-refractivity contribution in [3.8, 4) is 5.75 Å². The largest absolute Gasteiger partial charge is 0.492 e. The molecule has 6 heteroatoms. The lowest BCUT2D eigenvalue weighted by atomic mass is 10.2. The highest BCUT2D eigenvalue weighted by Gasteiger charge is 2.10. The van der Waals surface area contributed by atoms with Gasteiger partial charge in [-0.05, 0) is 49.4 Å². The minimum Gasteiger partial charge on any atom is -0.492 e. The quantitative estimate of drug-likeness (QED) is 0.791. The molecule has 0 spiro atoms. The van der Waals surface area contributed by atoms with Crippen LogP contribution in [0.25, 0.3) is 0 Å². The van der Waals surface area contributed by atoms with E-state index in [1.54, 1.807) is 42.5 Å². The predicted octanol–water partition coefficient (Wildman–Crippen LogP) is 4.59. The summed E-state index contributed by atoms with van der Waals surface area (Å²) in [5, 5.41) is 5.98. The molecule has 0 saturated heterocycles. The van der Waals surface area contributed by atoms with Crippen LogP contribution in [-0.4, -0.2) is 18.4 Å². The summed E-state index contributed by atoms with van der Waals surface area (Å²) in [6.45, 7) is 6.02. The SMILES string of the molecule is CCOc1ccc(C(=O)Nc2ccc(NC(=O)C(C)C)cc2)cc1Cl. The van der Waals surface area contributed by atoms with Crippen molar-refractivity contribution in [1.29, 1.82) is 0 Å². The molecule has 0 saturated carbocycles. The first-order valence-electron chi connectivity index (χ1n) is 8.05. The van der Waals surface area contributed by atoms with Crippen molar-refractivity contribution in [3.63, 3.8) is 0 Å².